The maximum Gasteiger partial charge on any atom is 0.308 e. The van der Waals surface area contributed by atoms with E-state index in [0.717, 1.165) is 0 Å². The summed E-state index contributed by atoms with van der Waals surface area (Å²) in [7, 11) is 1.67. The Hall–Kier alpha value is -1.37. The molecule has 0 aliphatic carbocycles. The smallest absolute Gasteiger partial charge is 0.308 e. The van der Waals surface area contributed by atoms with Gasteiger partial charge < -0.3 is 4.74 Å². The van der Waals surface area contributed by atoms with Crippen LogP contribution in [0.25, 0.3) is 0 Å². The highest BCUT2D eigenvalue weighted by atomic mass is 32.2. The van der Waals surface area contributed by atoms with E-state index < -0.39 is 6.17 Å². The molecule has 0 N–H and O–H groups in total. The summed E-state index contributed by atoms with van der Waals surface area (Å²) in [6.07, 6.45) is 1.87. The third-order valence-electron chi connectivity index (χ3n) is 3.34. The van der Waals surface area contributed by atoms with Gasteiger partial charge in [-0.25, -0.2) is 9.37 Å². The second-order valence-corrected chi connectivity index (χ2v) is 6.85. The first kappa shape index (κ1) is 19.7. The van der Waals surface area contributed by atoms with E-state index in [1.807, 2.05) is 0 Å². The molecule has 1 atom stereocenters. The molecular weight excluding hydrogens is 319 g/mol. The van der Waals surface area contributed by atoms with Crippen LogP contribution in [0.2, 0.25) is 0 Å². The van der Waals surface area contributed by atoms with Crippen LogP contribution in [-0.4, -0.2) is 34.1 Å². The van der Waals surface area contributed by atoms with Crippen molar-refractivity contribution in [2.24, 2.45) is 13.0 Å². The van der Waals surface area contributed by atoms with Crippen molar-refractivity contribution in [3.05, 3.63) is 22.1 Å². The molecule has 5 nitrogen and oxygen atoms in total. The largest absolute Gasteiger partial charge is 0.465 e. The molecule has 0 radical (unpaired) electrons. The maximum atomic E-state index is 13.8. The van der Waals surface area contributed by atoms with Gasteiger partial charge in [0, 0.05) is 24.6 Å². The molecule has 1 unspecified atom stereocenters. The average Bonchev–Trinajstić information content (AvgIpc) is 2.51. The van der Waals surface area contributed by atoms with E-state index in [9.17, 15) is 14.0 Å². The highest BCUT2D eigenvalue weighted by Crippen LogP contribution is 2.17. The van der Waals surface area contributed by atoms with E-state index in [0.29, 0.717) is 35.7 Å². The molecule has 1 rings (SSSR count). The van der Waals surface area contributed by atoms with Crippen LogP contribution in [0.4, 0.5) is 4.39 Å². The highest BCUT2D eigenvalue weighted by molar-refractivity contribution is 7.99. The fraction of sp³-hybridized carbons (Fsp3) is 0.688. The highest BCUT2D eigenvalue weighted by Gasteiger charge is 2.11. The summed E-state index contributed by atoms with van der Waals surface area (Å²) in [5.74, 6) is 0.152. The normalized spacial score (nSPS) is 12.4. The first-order chi connectivity index (χ1) is 10.8. The number of esters is 1. The lowest BCUT2D eigenvalue weighted by Crippen LogP contribution is -2.21. The molecule has 0 saturated heterocycles. The maximum absolute atomic E-state index is 13.8. The Kier molecular flexibility index (Phi) is 8.30. The average molecular weight is 344 g/mol. The molecule has 1 heterocycles. The van der Waals surface area contributed by atoms with Crippen molar-refractivity contribution in [2.75, 3.05) is 12.4 Å². The van der Waals surface area contributed by atoms with Crippen LogP contribution < -0.4 is 5.56 Å². The van der Waals surface area contributed by atoms with E-state index in [4.69, 9.17) is 4.74 Å². The summed E-state index contributed by atoms with van der Waals surface area (Å²) in [6, 6.07) is 0. The van der Waals surface area contributed by atoms with Crippen molar-refractivity contribution in [1.29, 1.82) is 0 Å². The number of carbonyl (C=O) groups excluding carboxylic acids is 1. The Labute approximate surface area is 140 Å². The Balaban J connectivity index is 2.24. The van der Waals surface area contributed by atoms with Crippen LogP contribution in [0.1, 0.15) is 38.7 Å². The number of nitrogens with zero attached hydrogens (tertiary/aromatic N) is 2. The lowest BCUT2D eigenvalue weighted by molar-refractivity contribution is -0.147. The number of hydrogen-bond donors (Lipinski definition) is 0. The fourth-order valence-corrected chi connectivity index (χ4v) is 2.81. The molecule has 1 aromatic rings. The zero-order chi connectivity index (χ0) is 17.4. The van der Waals surface area contributed by atoms with Gasteiger partial charge in [-0.05, 0) is 26.2 Å². The van der Waals surface area contributed by atoms with Gasteiger partial charge in [-0.1, -0.05) is 25.6 Å². The van der Waals surface area contributed by atoms with Gasteiger partial charge >= 0.3 is 5.97 Å². The number of thioether (sulfide) groups is 1. The minimum absolute atomic E-state index is 0.0775. The predicted octanol–water partition coefficient (Wildman–Crippen LogP) is 2.89. The lowest BCUT2D eigenvalue weighted by atomic mass is 10.2. The number of aromatic nitrogens is 2. The molecule has 0 spiro atoms. The first-order valence-electron chi connectivity index (χ1n) is 7.79. The van der Waals surface area contributed by atoms with Crippen LogP contribution >= 0.6 is 11.8 Å². The van der Waals surface area contributed by atoms with Gasteiger partial charge in [0.05, 0.1) is 12.5 Å². The SMILES string of the molecule is Cc1cnc(SCCC(F)CCCOC(=O)C(C)C)n(C)c1=O. The number of rotatable bonds is 9. The fourth-order valence-electron chi connectivity index (χ4n) is 1.85. The molecule has 7 heteroatoms. The molecule has 0 aliphatic heterocycles. The van der Waals surface area contributed by atoms with Crippen LogP contribution in [-0.2, 0) is 16.6 Å². The second-order valence-electron chi connectivity index (χ2n) is 5.79. The summed E-state index contributed by atoms with van der Waals surface area (Å²) in [6.45, 7) is 5.51. The van der Waals surface area contributed by atoms with Gasteiger partial charge in [-0.2, -0.15) is 0 Å². The van der Waals surface area contributed by atoms with Crippen LogP contribution in [0.3, 0.4) is 0 Å². The van der Waals surface area contributed by atoms with Crippen LogP contribution in [0.15, 0.2) is 16.1 Å². The molecule has 1 aromatic heterocycles. The summed E-state index contributed by atoms with van der Waals surface area (Å²) >= 11 is 1.37. The molecular formula is C16H25FN2O3S. The minimum atomic E-state index is -0.942. The minimum Gasteiger partial charge on any atom is -0.465 e. The van der Waals surface area contributed by atoms with Gasteiger partial charge in [-0.3, -0.25) is 14.2 Å². The Morgan fingerprint density at radius 1 is 1.43 bits per heavy atom. The number of ether oxygens (including phenoxy) is 1. The predicted molar refractivity (Wildman–Crippen MR) is 89.5 cm³/mol. The quantitative estimate of drug-likeness (QED) is 0.298. The molecule has 0 bridgehead atoms. The number of carbonyl (C=O) groups is 1. The number of hydrogen-bond acceptors (Lipinski definition) is 5. The molecule has 0 amide bonds. The van der Waals surface area contributed by atoms with E-state index in [1.54, 1.807) is 34.0 Å². The molecule has 23 heavy (non-hydrogen) atoms. The van der Waals surface area contributed by atoms with Gasteiger partial charge in [0.15, 0.2) is 5.16 Å². The van der Waals surface area contributed by atoms with Crippen molar-refractivity contribution in [2.45, 2.75) is 51.4 Å². The van der Waals surface area contributed by atoms with E-state index in [2.05, 4.69) is 4.98 Å². The lowest BCUT2D eigenvalue weighted by Gasteiger charge is -2.10. The van der Waals surface area contributed by atoms with Gasteiger partial charge in [-0.15, -0.1) is 0 Å². The van der Waals surface area contributed by atoms with Gasteiger partial charge in [0.25, 0.3) is 5.56 Å². The monoisotopic (exact) mass is 344 g/mol. The van der Waals surface area contributed by atoms with E-state index >= 15 is 0 Å². The number of halogens is 1. The van der Waals surface area contributed by atoms with Gasteiger partial charge in [0.1, 0.15) is 6.17 Å². The Morgan fingerprint density at radius 2 is 2.13 bits per heavy atom. The third kappa shape index (κ3) is 6.72. The standard InChI is InChI=1S/C16H25FN2O3S/c1-11(2)15(21)22-8-5-6-13(17)7-9-23-16-18-10-12(3)14(20)19(16)4/h10-11,13H,5-9H2,1-4H3. The molecule has 130 valence electrons. The number of alkyl halides is 1. The van der Waals surface area contributed by atoms with Crippen molar-refractivity contribution in [1.82, 2.24) is 9.55 Å². The van der Waals surface area contributed by atoms with Crippen LogP contribution in [0, 0.1) is 12.8 Å². The summed E-state index contributed by atoms with van der Waals surface area (Å²) in [4.78, 5) is 27.2. The Morgan fingerprint density at radius 3 is 2.78 bits per heavy atom. The molecule has 0 saturated carbocycles. The van der Waals surface area contributed by atoms with Crippen molar-refractivity contribution in [3.8, 4) is 0 Å². The van der Waals surface area contributed by atoms with Crippen LogP contribution in [0.5, 0.6) is 0 Å². The first-order valence-corrected chi connectivity index (χ1v) is 8.77. The zero-order valence-corrected chi connectivity index (χ0v) is 15.0. The third-order valence-corrected chi connectivity index (χ3v) is 4.41. The molecule has 0 aromatic carbocycles. The van der Waals surface area contributed by atoms with E-state index in [-0.39, 0.29) is 24.1 Å². The molecule has 0 fully saturated rings. The summed E-state index contributed by atoms with van der Waals surface area (Å²) in [5.41, 5.74) is 0.516. The second kappa shape index (κ2) is 9.70. The Bertz CT molecular complexity index is 575. The summed E-state index contributed by atoms with van der Waals surface area (Å²) in [5, 5.41) is 0.596. The van der Waals surface area contributed by atoms with Crippen molar-refractivity contribution < 1.29 is 13.9 Å². The van der Waals surface area contributed by atoms with E-state index in [1.165, 1.54) is 16.3 Å². The van der Waals surface area contributed by atoms with Crippen molar-refractivity contribution >= 4 is 17.7 Å². The topological polar surface area (TPSA) is 61.2 Å². The zero-order valence-electron chi connectivity index (χ0n) is 14.2. The number of aryl methyl sites for hydroxylation is 1. The summed E-state index contributed by atoms with van der Waals surface area (Å²) < 4.78 is 20.3. The molecule has 0 aliphatic rings. The van der Waals surface area contributed by atoms with Gasteiger partial charge in [0.2, 0.25) is 0 Å². The van der Waals surface area contributed by atoms with Crippen molar-refractivity contribution in [3.63, 3.8) is 0 Å².